The Morgan fingerprint density at radius 3 is 1.52 bits per heavy atom. The van der Waals surface area contributed by atoms with Crippen molar-refractivity contribution in [2.24, 2.45) is 10.8 Å². The quantitative estimate of drug-likeness (QED) is 0.590. The monoisotopic (exact) mass is 365 g/mol. The first-order chi connectivity index (χ1) is 9.03. The Kier molecular flexibility index (Phi) is 15.2. The molecule has 0 unspecified atom stereocenters. The second kappa shape index (κ2) is 12.4. The molecule has 0 aliphatic carbocycles. The van der Waals surface area contributed by atoms with E-state index in [1.807, 2.05) is 40.9 Å². The first-order valence-corrected chi connectivity index (χ1v) is 7.34. The van der Waals surface area contributed by atoms with Crippen LogP contribution in [0.15, 0.2) is 24.3 Å². The summed E-state index contributed by atoms with van der Waals surface area (Å²) in [5.74, 6) is 0. The fourth-order valence-electron chi connectivity index (χ4n) is 1.27. The van der Waals surface area contributed by atoms with Crippen molar-refractivity contribution in [3.05, 3.63) is 42.3 Å². The Balaban J connectivity index is -0.000000309. The minimum absolute atomic E-state index is 0. The van der Waals surface area contributed by atoms with Gasteiger partial charge < -0.3 is 4.79 Å². The molecule has 1 aromatic rings. The predicted octanol–water partition coefficient (Wildman–Crippen LogP) is 5.62. The number of hydrogen-bond acceptors (Lipinski definition) is 1. The van der Waals surface area contributed by atoms with Gasteiger partial charge in [0.05, 0.1) is 0 Å². The van der Waals surface area contributed by atoms with Gasteiger partial charge in [-0.3, -0.25) is 6.29 Å². The van der Waals surface area contributed by atoms with Crippen LogP contribution in [0.1, 0.15) is 66.5 Å². The fraction of sp³-hybridized carbons (Fsp3) is 0.579. The first kappa shape index (κ1) is 25.8. The third-order valence-corrected chi connectivity index (χ3v) is 2.06. The minimum atomic E-state index is -0.264. The second-order valence-electron chi connectivity index (χ2n) is 6.91. The molecule has 0 heterocycles. The maximum absolute atomic E-state index is 9.70. The van der Waals surface area contributed by atoms with Gasteiger partial charge in [-0.15, -0.1) is 17.5 Å². The van der Waals surface area contributed by atoms with Crippen LogP contribution in [-0.4, -0.2) is 6.29 Å². The van der Waals surface area contributed by atoms with E-state index < -0.39 is 0 Å². The molecule has 1 aromatic carbocycles. The zero-order chi connectivity index (χ0) is 16.4. The molecule has 0 spiro atoms. The molecule has 1 rings (SSSR count). The van der Waals surface area contributed by atoms with Crippen molar-refractivity contribution in [2.75, 3.05) is 0 Å². The second-order valence-corrected chi connectivity index (χ2v) is 6.91. The van der Waals surface area contributed by atoms with E-state index in [2.05, 4.69) is 52.0 Å². The van der Waals surface area contributed by atoms with Crippen LogP contribution in [0, 0.1) is 17.8 Å². The van der Waals surface area contributed by atoms with Gasteiger partial charge >= 0.3 is 0 Å². The van der Waals surface area contributed by atoms with Crippen LogP contribution < -0.4 is 0 Å². The largest absolute Gasteiger partial charge is 0.541 e. The van der Waals surface area contributed by atoms with Gasteiger partial charge in [-0.1, -0.05) is 61.0 Å². The smallest absolute Gasteiger partial charge is 0 e. The molecule has 0 saturated carbocycles. The molecule has 0 fully saturated rings. The summed E-state index contributed by atoms with van der Waals surface area (Å²) in [5, 5.41) is 0. The standard InChI is InChI=1S/C12H17.C5H9O.C2H6.Y/c1-10-5-7-11(8-6-10)9-12(2,3)4;1-5(2,3)4-6;1-2;/h5-8H,1,9H2,2-4H3;1-3H3;1-2H3;/q2*-1;;. The van der Waals surface area contributed by atoms with E-state index in [-0.39, 0.29) is 38.1 Å². The van der Waals surface area contributed by atoms with Gasteiger partial charge in [0.25, 0.3) is 0 Å². The average molecular weight is 365 g/mol. The van der Waals surface area contributed by atoms with Crippen LogP contribution in [0.2, 0.25) is 0 Å². The minimum Gasteiger partial charge on any atom is -0.541 e. The zero-order valence-electron chi connectivity index (χ0n) is 15.2. The maximum Gasteiger partial charge on any atom is 0 e. The number of benzene rings is 1. The van der Waals surface area contributed by atoms with E-state index in [1.54, 1.807) is 0 Å². The van der Waals surface area contributed by atoms with E-state index in [1.165, 1.54) is 5.56 Å². The molecular weight excluding hydrogens is 333 g/mol. The van der Waals surface area contributed by atoms with Crippen molar-refractivity contribution in [1.29, 1.82) is 0 Å². The van der Waals surface area contributed by atoms with Crippen LogP contribution in [-0.2, 0) is 43.9 Å². The van der Waals surface area contributed by atoms with Crippen LogP contribution in [0.4, 0.5) is 0 Å². The molecule has 21 heavy (non-hydrogen) atoms. The Bertz CT molecular complexity index is 353. The van der Waals surface area contributed by atoms with Gasteiger partial charge in [-0.05, 0) is 11.8 Å². The zero-order valence-corrected chi connectivity index (χ0v) is 18.0. The molecular formula is C19H32OY-2. The van der Waals surface area contributed by atoms with Crippen molar-refractivity contribution in [1.82, 2.24) is 0 Å². The Morgan fingerprint density at radius 2 is 1.29 bits per heavy atom. The molecule has 0 bridgehead atoms. The topological polar surface area (TPSA) is 17.1 Å². The summed E-state index contributed by atoms with van der Waals surface area (Å²) >= 11 is 0. The summed E-state index contributed by atoms with van der Waals surface area (Å²) in [4.78, 5) is 9.70. The molecule has 1 radical (unpaired) electrons. The summed E-state index contributed by atoms with van der Waals surface area (Å²) < 4.78 is 0. The summed E-state index contributed by atoms with van der Waals surface area (Å²) in [6, 6.07) is 8.46. The van der Waals surface area contributed by atoms with Crippen molar-refractivity contribution < 1.29 is 37.5 Å². The van der Waals surface area contributed by atoms with Crippen LogP contribution in [0.25, 0.3) is 0 Å². The fourth-order valence-corrected chi connectivity index (χ4v) is 1.27. The number of carbonyl (C=O) groups excluding carboxylic acids is 1. The Labute approximate surface area is 158 Å². The first-order valence-electron chi connectivity index (χ1n) is 7.34. The molecule has 0 aliphatic rings. The van der Waals surface area contributed by atoms with Crippen molar-refractivity contribution in [2.45, 2.75) is 61.8 Å². The molecule has 0 aromatic heterocycles. The number of hydrogen-bond donors (Lipinski definition) is 0. The van der Waals surface area contributed by atoms with E-state index in [0.29, 0.717) is 5.41 Å². The third-order valence-electron chi connectivity index (χ3n) is 2.06. The van der Waals surface area contributed by atoms with Crippen molar-refractivity contribution >= 4 is 6.29 Å². The molecule has 0 atom stereocenters. The summed E-state index contributed by atoms with van der Waals surface area (Å²) in [7, 11) is 0. The average Bonchev–Trinajstić information content (AvgIpc) is 2.33. The predicted molar refractivity (Wildman–Crippen MR) is 90.6 cm³/mol. The van der Waals surface area contributed by atoms with E-state index in [0.717, 1.165) is 12.0 Å². The SMILES string of the molecule is CC.CC(C)(C)[C-]=O.[CH2-]c1ccc(CC(C)(C)C)cc1.[Y]. The van der Waals surface area contributed by atoms with Crippen LogP contribution in [0.5, 0.6) is 0 Å². The Morgan fingerprint density at radius 1 is 0.952 bits per heavy atom. The van der Waals surface area contributed by atoms with E-state index >= 15 is 0 Å². The van der Waals surface area contributed by atoms with Gasteiger partial charge in [0.2, 0.25) is 0 Å². The van der Waals surface area contributed by atoms with Gasteiger partial charge in [-0.2, -0.15) is 24.6 Å². The molecule has 2 heteroatoms. The summed E-state index contributed by atoms with van der Waals surface area (Å²) in [6.07, 6.45) is 2.99. The molecule has 119 valence electrons. The van der Waals surface area contributed by atoms with Crippen LogP contribution in [0.3, 0.4) is 0 Å². The van der Waals surface area contributed by atoms with Gasteiger partial charge in [-0.25, -0.2) is 0 Å². The third kappa shape index (κ3) is 19.9. The molecule has 0 aliphatic heterocycles. The van der Waals surface area contributed by atoms with Gasteiger partial charge in [0.15, 0.2) is 0 Å². The van der Waals surface area contributed by atoms with Crippen molar-refractivity contribution in [3.63, 3.8) is 0 Å². The van der Waals surface area contributed by atoms with E-state index in [9.17, 15) is 4.79 Å². The van der Waals surface area contributed by atoms with Gasteiger partial charge in [0, 0.05) is 32.7 Å². The molecule has 0 saturated heterocycles. The maximum atomic E-state index is 9.70. The Hall–Kier alpha value is -0.136. The van der Waals surface area contributed by atoms with E-state index in [4.69, 9.17) is 0 Å². The molecule has 0 amide bonds. The summed E-state index contributed by atoms with van der Waals surface area (Å²) in [5.41, 5.74) is 2.60. The summed E-state index contributed by atoms with van der Waals surface area (Å²) in [6.45, 7) is 20.1. The van der Waals surface area contributed by atoms with Crippen molar-refractivity contribution in [3.8, 4) is 0 Å². The molecule has 0 N–H and O–H groups in total. The van der Waals surface area contributed by atoms with Gasteiger partial charge in [0.1, 0.15) is 0 Å². The normalized spacial score (nSPS) is 10.1. The molecule has 1 nitrogen and oxygen atoms in total. The number of rotatable bonds is 1. The van der Waals surface area contributed by atoms with Crippen LogP contribution >= 0.6 is 0 Å².